The van der Waals surface area contributed by atoms with E-state index in [9.17, 15) is 9.90 Å². The van der Waals surface area contributed by atoms with Crippen LogP contribution < -0.4 is 5.32 Å². The highest BCUT2D eigenvalue weighted by molar-refractivity contribution is 5.79. The molecule has 0 saturated carbocycles. The molecule has 4 heteroatoms. The molecule has 0 bridgehead atoms. The number of amides is 1. The molecule has 1 amide bonds. The predicted octanol–water partition coefficient (Wildman–Crippen LogP) is -0.0307. The van der Waals surface area contributed by atoms with E-state index in [-0.39, 0.29) is 24.5 Å². The number of hydrogen-bond acceptors (Lipinski definition) is 3. The van der Waals surface area contributed by atoms with Crippen molar-refractivity contribution in [2.24, 2.45) is 5.92 Å². The van der Waals surface area contributed by atoms with E-state index in [2.05, 4.69) is 5.32 Å². The van der Waals surface area contributed by atoms with Gasteiger partial charge in [0.05, 0.1) is 12.6 Å². The Labute approximate surface area is 90.6 Å². The molecule has 0 unspecified atom stereocenters. The minimum Gasteiger partial charge on any atom is -0.394 e. The second-order valence-corrected chi connectivity index (χ2v) is 4.53. The van der Waals surface area contributed by atoms with Gasteiger partial charge >= 0.3 is 0 Å². The predicted molar refractivity (Wildman–Crippen MR) is 57.4 cm³/mol. The first-order chi connectivity index (χ1) is 7.33. The topological polar surface area (TPSA) is 52.6 Å². The molecule has 0 aromatic rings. The SMILES string of the molecule is O=C(C1CCNCC1)N1CCC[C@@H]1CO. The smallest absolute Gasteiger partial charge is 0.226 e. The van der Waals surface area contributed by atoms with Crippen LogP contribution in [0.2, 0.25) is 0 Å². The van der Waals surface area contributed by atoms with Crippen molar-refractivity contribution >= 4 is 5.91 Å². The number of aliphatic hydroxyl groups is 1. The standard InChI is InChI=1S/C11H20N2O2/c14-8-10-2-1-7-13(10)11(15)9-3-5-12-6-4-9/h9-10,12,14H,1-8H2/t10-/m1/s1. The van der Waals surface area contributed by atoms with Crippen LogP contribution in [-0.2, 0) is 4.79 Å². The lowest BCUT2D eigenvalue weighted by molar-refractivity contribution is -0.137. The first kappa shape index (κ1) is 10.9. The maximum absolute atomic E-state index is 12.2. The van der Waals surface area contributed by atoms with E-state index in [0.717, 1.165) is 45.3 Å². The molecule has 4 nitrogen and oxygen atoms in total. The number of likely N-dealkylation sites (tertiary alicyclic amines) is 1. The lowest BCUT2D eigenvalue weighted by Crippen LogP contribution is -2.44. The molecule has 0 radical (unpaired) electrons. The molecule has 15 heavy (non-hydrogen) atoms. The molecule has 2 saturated heterocycles. The number of carbonyl (C=O) groups excluding carboxylic acids is 1. The van der Waals surface area contributed by atoms with Crippen molar-refractivity contribution in [1.82, 2.24) is 10.2 Å². The molecule has 2 N–H and O–H groups in total. The molecular weight excluding hydrogens is 192 g/mol. The molecule has 2 heterocycles. The Morgan fingerprint density at radius 1 is 1.33 bits per heavy atom. The summed E-state index contributed by atoms with van der Waals surface area (Å²) in [7, 11) is 0. The van der Waals surface area contributed by atoms with Gasteiger partial charge in [-0.1, -0.05) is 0 Å². The van der Waals surface area contributed by atoms with Crippen molar-refractivity contribution in [2.45, 2.75) is 31.7 Å². The summed E-state index contributed by atoms with van der Waals surface area (Å²) >= 11 is 0. The van der Waals surface area contributed by atoms with Gasteiger partial charge in [0.25, 0.3) is 0 Å². The van der Waals surface area contributed by atoms with Gasteiger partial charge in [-0.25, -0.2) is 0 Å². The fourth-order valence-electron chi connectivity index (χ4n) is 2.62. The van der Waals surface area contributed by atoms with Crippen LogP contribution >= 0.6 is 0 Å². The third-order valence-corrected chi connectivity index (χ3v) is 3.56. The highest BCUT2D eigenvalue weighted by Crippen LogP contribution is 2.22. The minimum atomic E-state index is 0.0902. The Balaban J connectivity index is 1.93. The van der Waals surface area contributed by atoms with Crippen molar-refractivity contribution < 1.29 is 9.90 Å². The van der Waals surface area contributed by atoms with Crippen LogP contribution in [0.3, 0.4) is 0 Å². The average molecular weight is 212 g/mol. The third-order valence-electron chi connectivity index (χ3n) is 3.56. The van der Waals surface area contributed by atoms with Gasteiger partial charge in [-0.15, -0.1) is 0 Å². The van der Waals surface area contributed by atoms with Gasteiger partial charge in [0.1, 0.15) is 0 Å². The van der Waals surface area contributed by atoms with Crippen molar-refractivity contribution in [1.29, 1.82) is 0 Å². The fraction of sp³-hybridized carbons (Fsp3) is 0.909. The summed E-state index contributed by atoms with van der Waals surface area (Å²) in [5.41, 5.74) is 0. The summed E-state index contributed by atoms with van der Waals surface area (Å²) < 4.78 is 0. The number of rotatable bonds is 2. The Bertz CT molecular complexity index is 227. The van der Waals surface area contributed by atoms with Gasteiger partial charge in [0, 0.05) is 12.5 Å². The Hall–Kier alpha value is -0.610. The summed E-state index contributed by atoms with van der Waals surface area (Å²) in [5.74, 6) is 0.464. The quantitative estimate of drug-likeness (QED) is 0.676. The van der Waals surface area contributed by atoms with E-state index in [1.165, 1.54) is 0 Å². The maximum atomic E-state index is 12.2. The summed E-state index contributed by atoms with van der Waals surface area (Å²) in [4.78, 5) is 14.1. The molecule has 0 spiro atoms. The van der Waals surface area contributed by atoms with Crippen LogP contribution in [0, 0.1) is 5.92 Å². The first-order valence-electron chi connectivity index (χ1n) is 5.95. The number of hydrogen-bond donors (Lipinski definition) is 2. The van der Waals surface area contributed by atoms with Crippen LogP contribution in [0.15, 0.2) is 0 Å². The summed E-state index contributed by atoms with van der Waals surface area (Å²) in [6.07, 6.45) is 3.91. The largest absolute Gasteiger partial charge is 0.394 e. The highest BCUT2D eigenvalue weighted by atomic mass is 16.3. The first-order valence-corrected chi connectivity index (χ1v) is 5.95. The van der Waals surface area contributed by atoms with E-state index in [1.54, 1.807) is 0 Å². The highest BCUT2D eigenvalue weighted by Gasteiger charge is 2.32. The van der Waals surface area contributed by atoms with Crippen LogP contribution in [0.5, 0.6) is 0 Å². The number of carbonyl (C=O) groups is 1. The lowest BCUT2D eigenvalue weighted by atomic mass is 9.96. The van der Waals surface area contributed by atoms with E-state index in [1.807, 2.05) is 4.90 Å². The van der Waals surface area contributed by atoms with Gasteiger partial charge in [-0.3, -0.25) is 4.79 Å². The summed E-state index contributed by atoms with van der Waals surface area (Å²) in [6, 6.07) is 0.0902. The van der Waals surface area contributed by atoms with E-state index in [0.29, 0.717) is 0 Å². The van der Waals surface area contributed by atoms with Crippen LogP contribution in [0.4, 0.5) is 0 Å². The van der Waals surface area contributed by atoms with Gasteiger partial charge in [0.15, 0.2) is 0 Å². The van der Waals surface area contributed by atoms with Gasteiger partial charge < -0.3 is 15.3 Å². The van der Waals surface area contributed by atoms with Crippen molar-refractivity contribution in [2.75, 3.05) is 26.2 Å². The zero-order chi connectivity index (χ0) is 10.7. The maximum Gasteiger partial charge on any atom is 0.226 e. The van der Waals surface area contributed by atoms with Crippen LogP contribution in [0.1, 0.15) is 25.7 Å². The number of piperidine rings is 1. The van der Waals surface area contributed by atoms with Crippen molar-refractivity contribution in [3.8, 4) is 0 Å². The molecule has 1 atom stereocenters. The van der Waals surface area contributed by atoms with Crippen molar-refractivity contribution in [3.63, 3.8) is 0 Å². The second-order valence-electron chi connectivity index (χ2n) is 4.53. The molecule has 2 aliphatic heterocycles. The zero-order valence-corrected chi connectivity index (χ0v) is 9.11. The molecule has 2 aliphatic rings. The molecular formula is C11H20N2O2. The third kappa shape index (κ3) is 2.32. The van der Waals surface area contributed by atoms with Crippen LogP contribution in [0.25, 0.3) is 0 Å². The van der Waals surface area contributed by atoms with E-state index < -0.39 is 0 Å². The Morgan fingerprint density at radius 2 is 2.07 bits per heavy atom. The molecule has 86 valence electrons. The number of nitrogens with one attached hydrogen (secondary N) is 1. The molecule has 0 aromatic heterocycles. The van der Waals surface area contributed by atoms with Crippen LogP contribution in [-0.4, -0.2) is 48.2 Å². The van der Waals surface area contributed by atoms with Gasteiger partial charge in [-0.05, 0) is 38.8 Å². The number of aliphatic hydroxyl groups excluding tert-OH is 1. The monoisotopic (exact) mass is 212 g/mol. The van der Waals surface area contributed by atoms with Crippen molar-refractivity contribution in [3.05, 3.63) is 0 Å². The van der Waals surface area contributed by atoms with E-state index >= 15 is 0 Å². The van der Waals surface area contributed by atoms with E-state index in [4.69, 9.17) is 0 Å². The summed E-state index contributed by atoms with van der Waals surface area (Å²) in [6.45, 7) is 2.87. The Kier molecular flexibility index (Phi) is 3.59. The second kappa shape index (κ2) is 4.94. The molecule has 0 aromatic carbocycles. The molecule has 2 fully saturated rings. The average Bonchev–Trinajstić information content (AvgIpc) is 2.77. The molecule has 0 aliphatic carbocycles. The van der Waals surface area contributed by atoms with Gasteiger partial charge in [-0.2, -0.15) is 0 Å². The zero-order valence-electron chi connectivity index (χ0n) is 9.11. The molecule has 2 rings (SSSR count). The van der Waals surface area contributed by atoms with Gasteiger partial charge in [0.2, 0.25) is 5.91 Å². The lowest BCUT2D eigenvalue weighted by Gasteiger charge is -2.30. The minimum absolute atomic E-state index is 0.0902. The fourth-order valence-corrected chi connectivity index (χ4v) is 2.62. The summed E-state index contributed by atoms with van der Waals surface area (Å²) in [5, 5.41) is 12.4. The normalized spacial score (nSPS) is 28.3. The number of nitrogens with zero attached hydrogens (tertiary/aromatic N) is 1. The Morgan fingerprint density at radius 3 is 2.73 bits per heavy atom.